The molecule has 1 atom stereocenters. The van der Waals surface area contributed by atoms with Gasteiger partial charge in [0.05, 0.1) is 16.5 Å². The zero-order chi connectivity index (χ0) is 18.3. The Balaban J connectivity index is 1.50. The number of nitrogens with zero attached hydrogens (tertiary/aromatic N) is 3. The highest BCUT2D eigenvalue weighted by molar-refractivity contribution is 6.30. The third-order valence-electron chi connectivity index (χ3n) is 6.55. The number of rotatable bonds is 2. The maximum Gasteiger partial charge on any atom is 0.230 e. The average Bonchev–Trinajstić information content (AvgIpc) is 2.92. The van der Waals surface area contributed by atoms with Crippen molar-refractivity contribution < 1.29 is 9.90 Å². The summed E-state index contributed by atoms with van der Waals surface area (Å²) in [5, 5.41) is 10.4. The molecule has 26 heavy (non-hydrogen) atoms. The molecule has 6 heteroatoms. The van der Waals surface area contributed by atoms with E-state index in [9.17, 15) is 9.90 Å². The molecule has 2 aliphatic heterocycles. The monoisotopic (exact) mass is 377 g/mol. The molecule has 2 saturated heterocycles. The van der Waals surface area contributed by atoms with Crippen LogP contribution < -0.4 is 4.90 Å². The molecule has 1 aromatic heterocycles. The van der Waals surface area contributed by atoms with Crippen LogP contribution in [0, 0.1) is 12.3 Å². The molecular weight excluding hydrogens is 350 g/mol. The fourth-order valence-electron chi connectivity index (χ4n) is 5.12. The van der Waals surface area contributed by atoms with Crippen molar-refractivity contribution in [3.63, 3.8) is 0 Å². The highest BCUT2D eigenvalue weighted by Crippen LogP contribution is 2.43. The summed E-state index contributed by atoms with van der Waals surface area (Å²) >= 11 is 6.06. The summed E-state index contributed by atoms with van der Waals surface area (Å²) in [6.07, 6.45) is 7.96. The fourth-order valence-corrected chi connectivity index (χ4v) is 5.33. The SMILES string of the molecule is Cc1cc(Cl)cnc1N1CCC[C@@]2(CCN(C3CCC(O)CC3)C2=O)C1. The van der Waals surface area contributed by atoms with Crippen molar-refractivity contribution in [1.82, 2.24) is 9.88 Å². The number of aliphatic hydroxyl groups excluding tert-OH is 1. The van der Waals surface area contributed by atoms with Gasteiger partial charge in [-0.3, -0.25) is 4.79 Å². The van der Waals surface area contributed by atoms with Gasteiger partial charge in [0.2, 0.25) is 5.91 Å². The van der Waals surface area contributed by atoms with Crippen molar-refractivity contribution in [2.75, 3.05) is 24.5 Å². The van der Waals surface area contributed by atoms with Crippen LogP contribution in [0.1, 0.15) is 50.5 Å². The van der Waals surface area contributed by atoms with Gasteiger partial charge in [-0.15, -0.1) is 0 Å². The van der Waals surface area contributed by atoms with E-state index in [0.29, 0.717) is 17.0 Å². The standard InChI is InChI=1S/C20H28ClN3O2/c1-14-11-15(21)12-22-18(14)23-9-2-7-20(13-23)8-10-24(19(20)26)16-3-5-17(25)6-4-16/h11-12,16-17,25H,2-10,13H2,1H3/t16?,17?,20-/m1/s1. The molecule has 1 aromatic rings. The number of hydrogen-bond donors (Lipinski definition) is 1. The fraction of sp³-hybridized carbons (Fsp3) is 0.700. The normalized spacial score (nSPS) is 32.5. The van der Waals surface area contributed by atoms with Gasteiger partial charge in [-0.05, 0) is 63.5 Å². The van der Waals surface area contributed by atoms with Crippen LogP contribution in [0.15, 0.2) is 12.3 Å². The number of pyridine rings is 1. The topological polar surface area (TPSA) is 56.7 Å². The Labute approximate surface area is 160 Å². The summed E-state index contributed by atoms with van der Waals surface area (Å²) in [6, 6.07) is 2.26. The minimum atomic E-state index is -0.262. The van der Waals surface area contributed by atoms with Crippen molar-refractivity contribution in [3.8, 4) is 0 Å². The van der Waals surface area contributed by atoms with Crippen molar-refractivity contribution >= 4 is 23.3 Å². The second-order valence-corrected chi connectivity index (χ2v) is 8.75. The van der Waals surface area contributed by atoms with Crippen LogP contribution in [-0.2, 0) is 4.79 Å². The Kier molecular flexibility index (Phi) is 4.86. The molecule has 3 heterocycles. The smallest absolute Gasteiger partial charge is 0.230 e. The number of hydrogen-bond acceptors (Lipinski definition) is 4. The van der Waals surface area contributed by atoms with Gasteiger partial charge in [0.15, 0.2) is 0 Å². The van der Waals surface area contributed by atoms with E-state index in [2.05, 4.69) is 14.8 Å². The van der Waals surface area contributed by atoms with Crippen molar-refractivity contribution in [2.24, 2.45) is 5.41 Å². The van der Waals surface area contributed by atoms with Gasteiger partial charge in [0.25, 0.3) is 0 Å². The summed E-state index contributed by atoms with van der Waals surface area (Å²) < 4.78 is 0. The van der Waals surface area contributed by atoms with E-state index in [0.717, 1.165) is 76.0 Å². The molecule has 0 unspecified atom stereocenters. The molecular formula is C20H28ClN3O2. The minimum Gasteiger partial charge on any atom is -0.393 e. The molecule has 5 nitrogen and oxygen atoms in total. The molecule has 0 radical (unpaired) electrons. The first-order valence-electron chi connectivity index (χ1n) is 9.85. The number of halogens is 1. The molecule has 142 valence electrons. The molecule has 1 aliphatic carbocycles. The molecule has 3 aliphatic rings. The largest absolute Gasteiger partial charge is 0.393 e. The predicted octanol–water partition coefficient (Wildman–Crippen LogP) is 3.17. The van der Waals surface area contributed by atoms with Crippen molar-refractivity contribution in [1.29, 1.82) is 0 Å². The average molecular weight is 378 g/mol. The lowest BCUT2D eigenvalue weighted by Crippen LogP contribution is -2.50. The summed E-state index contributed by atoms with van der Waals surface area (Å²) in [6.45, 7) is 4.60. The lowest BCUT2D eigenvalue weighted by atomic mass is 9.78. The van der Waals surface area contributed by atoms with Crippen LogP contribution in [0.4, 0.5) is 5.82 Å². The Morgan fingerprint density at radius 1 is 1.23 bits per heavy atom. The summed E-state index contributed by atoms with van der Waals surface area (Å²) in [4.78, 5) is 22.3. The molecule has 1 spiro atoms. The van der Waals surface area contributed by atoms with Crippen LogP contribution in [0.5, 0.6) is 0 Å². The Hall–Kier alpha value is -1.33. The maximum atomic E-state index is 13.4. The number of likely N-dealkylation sites (tertiary alicyclic amines) is 1. The van der Waals surface area contributed by atoms with Crippen molar-refractivity contribution in [3.05, 3.63) is 22.8 Å². The Morgan fingerprint density at radius 2 is 2.00 bits per heavy atom. The van der Waals surface area contributed by atoms with Gasteiger partial charge < -0.3 is 14.9 Å². The van der Waals surface area contributed by atoms with Crippen LogP contribution in [0.3, 0.4) is 0 Å². The highest BCUT2D eigenvalue weighted by Gasteiger charge is 2.50. The second-order valence-electron chi connectivity index (χ2n) is 8.31. The van der Waals surface area contributed by atoms with Crippen LogP contribution in [0.2, 0.25) is 5.02 Å². The van der Waals surface area contributed by atoms with Crippen molar-refractivity contribution in [2.45, 2.75) is 64.0 Å². The summed E-state index contributed by atoms with van der Waals surface area (Å²) in [7, 11) is 0. The number of piperidine rings is 1. The number of aromatic nitrogens is 1. The quantitative estimate of drug-likeness (QED) is 0.860. The van der Waals surface area contributed by atoms with E-state index < -0.39 is 0 Å². The zero-order valence-corrected chi connectivity index (χ0v) is 16.2. The Bertz CT molecular complexity index is 690. The third-order valence-corrected chi connectivity index (χ3v) is 6.75. The van der Waals surface area contributed by atoms with E-state index in [4.69, 9.17) is 11.6 Å². The number of aryl methyl sites for hydroxylation is 1. The molecule has 0 aromatic carbocycles. The van der Waals surface area contributed by atoms with Crippen LogP contribution in [-0.4, -0.2) is 52.7 Å². The van der Waals surface area contributed by atoms with E-state index >= 15 is 0 Å². The first kappa shape index (κ1) is 18.1. The number of carbonyl (C=O) groups excluding carboxylic acids is 1. The van der Waals surface area contributed by atoms with E-state index in [1.807, 2.05) is 13.0 Å². The predicted molar refractivity (Wildman–Crippen MR) is 102 cm³/mol. The van der Waals surface area contributed by atoms with E-state index in [-0.39, 0.29) is 11.5 Å². The lowest BCUT2D eigenvalue weighted by Gasteiger charge is -2.41. The first-order valence-corrected chi connectivity index (χ1v) is 10.2. The molecule has 3 fully saturated rings. The number of carbonyl (C=O) groups is 1. The Morgan fingerprint density at radius 3 is 2.73 bits per heavy atom. The van der Waals surface area contributed by atoms with E-state index in [1.165, 1.54) is 0 Å². The van der Waals surface area contributed by atoms with E-state index in [1.54, 1.807) is 6.20 Å². The second kappa shape index (κ2) is 7.01. The van der Waals surface area contributed by atoms with Gasteiger partial charge in [-0.1, -0.05) is 11.6 Å². The lowest BCUT2D eigenvalue weighted by molar-refractivity contribution is -0.139. The van der Waals surface area contributed by atoms with Crippen LogP contribution in [0.25, 0.3) is 0 Å². The molecule has 4 rings (SSSR count). The zero-order valence-electron chi connectivity index (χ0n) is 15.5. The van der Waals surface area contributed by atoms with Gasteiger partial charge in [0, 0.05) is 31.9 Å². The first-order chi connectivity index (χ1) is 12.5. The minimum absolute atomic E-state index is 0.179. The highest BCUT2D eigenvalue weighted by atomic mass is 35.5. The van der Waals surface area contributed by atoms with Crippen LogP contribution >= 0.6 is 11.6 Å². The number of amides is 1. The molecule has 0 bridgehead atoms. The molecule has 1 saturated carbocycles. The third kappa shape index (κ3) is 3.20. The number of anilines is 1. The summed E-state index contributed by atoms with van der Waals surface area (Å²) in [5.41, 5.74) is 0.806. The van der Waals surface area contributed by atoms with Gasteiger partial charge >= 0.3 is 0 Å². The van der Waals surface area contributed by atoms with Gasteiger partial charge in [-0.25, -0.2) is 4.98 Å². The maximum absolute atomic E-state index is 13.4. The summed E-state index contributed by atoms with van der Waals surface area (Å²) in [5.74, 6) is 1.29. The molecule has 1 N–H and O–H groups in total. The molecule has 1 amide bonds. The van der Waals surface area contributed by atoms with Gasteiger partial charge in [0.1, 0.15) is 5.82 Å². The number of aliphatic hydroxyl groups is 1. The van der Waals surface area contributed by atoms with Gasteiger partial charge in [-0.2, -0.15) is 0 Å².